The molecular formula is C16H17BrFNO. The third kappa shape index (κ3) is 3.38. The Morgan fingerprint density at radius 2 is 1.70 bits per heavy atom. The number of hydrogen-bond acceptors (Lipinski definition) is 2. The van der Waals surface area contributed by atoms with Gasteiger partial charge in [-0.1, -0.05) is 40.2 Å². The van der Waals surface area contributed by atoms with Crippen LogP contribution in [0.3, 0.4) is 0 Å². The lowest BCUT2D eigenvalue weighted by Crippen LogP contribution is -2.22. The first-order valence-corrected chi connectivity index (χ1v) is 7.27. The average molecular weight is 338 g/mol. The number of hydrogen-bond donors (Lipinski definition) is 2. The third-order valence-corrected chi connectivity index (χ3v) is 4.05. The quantitative estimate of drug-likeness (QED) is 0.847. The molecule has 2 aromatic rings. The van der Waals surface area contributed by atoms with E-state index in [2.05, 4.69) is 28.2 Å². The van der Waals surface area contributed by atoms with Gasteiger partial charge >= 0.3 is 0 Å². The van der Waals surface area contributed by atoms with E-state index in [0.29, 0.717) is 5.56 Å². The Labute approximate surface area is 126 Å². The van der Waals surface area contributed by atoms with Gasteiger partial charge in [-0.05, 0) is 31.5 Å². The van der Waals surface area contributed by atoms with Crippen molar-refractivity contribution in [1.29, 1.82) is 0 Å². The molecule has 0 bridgehead atoms. The van der Waals surface area contributed by atoms with E-state index in [1.54, 1.807) is 6.07 Å². The molecule has 0 saturated carbocycles. The summed E-state index contributed by atoms with van der Waals surface area (Å²) in [5, 5.41) is 13.2. The Kier molecular flexibility index (Phi) is 4.78. The molecule has 2 unspecified atom stereocenters. The number of phenolic OH excluding ortho intramolecular Hbond substituents is 1. The van der Waals surface area contributed by atoms with Gasteiger partial charge in [-0.2, -0.15) is 0 Å². The molecule has 0 radical (unpaired) electrons. The van der Waals surface area contributed by atoms with E-state index < -0.39 is 5.82 Å². The lowest BCUT2D eigenvalue weighted by molar-refractivity contribution is 0.434. The van der Waals surface area contributed by atoms with Gasteiger partial charge in [0.2, 0.25) is 0 Å². The molecule has 0 fully saturated rings. The van der Waals surface area contributed by atoms with Crippen molar-refractivity contribution in [2.45, 2.75) is 25.9 Å². The van der Waals surface area contributed by atoms with Crippen molar-refractivity contribution in [3.8, 4) is 5.75 Å². The number of rotatable bonds is 4. The second kappa shape index (κ2) is 6.37. The SMILES string of the molecule is CC(NC(C)c1ccccc1Br)c1ccc(F)cc1O. The second-order valence-corrected chi connectivity index (χ2v) is 5.69. The standard InChI is InChI=1S/C16H17BrFNO/c1-10(13-5-3-4-6-15(13)17)19-11(2)14-8-7-12(18)9-16(14)20/h3-11,19-20H,1-2H3. The zero-order valence-corrected chi connectivity index (χ0v) is 13.0. The average Bonchev–Trinajstić information content (AvgIpc) is 2.38. The van der Waals surface area contributed by atoms with Crippen molar-refractivity contribution < 1.29 is 9.50 Å². The summed E-state index contributed by atoms with van der Waals surface area (Å²) in [4.78, 5) is 0. The lowest BCUT2D eigenvalue weighted by atomic mass is 10.0. The van der Waals surface area contributed by atoms with Crippen LogP contribution in [0.1, 0.15) is 37.1 Å². The Hall–Kier alpha value is -1.39. The van der Waals surface area contributed by atoms with Gasteiger partial charge in [-0.3, -0.25) is 0 Å². The zero-order chi connectivity index (χ0) is 14.7. The van der Waals surface area contributed by atoms with Crippen molar-refractivity contribution in [2.75, 3.05) is 0 Å². The number of halogens is 2. The smallest absolute Gasteiger partial charge is 0.126 e. The summed E-state index contributed by atoms with van der Waals surface area (Å²) in [6.07, 6.45) is 0. The van der Waals surface area contributed by atoms with Crippen molar-refractivity contribution in [2.24, 2.45) is 0 Å². The van der Waals surface area contributed by atoms with E-state index in [4.69, 9.17) is 0 Å². The fraction of sp³-hybridized carbons (Fsp3) is 0.250. The molecule has 20 heavy (non-hydrogen) atoms. The predicted molar refractivity (Wildman–Crippen MR) is 82.2 cm³/mol. The van der Waals surface area contributed by atoms with Crippen LogP contribution in [0.15, 0.2) is 46.9 Å². The second-order valence-electron chi connectivity index (χ2n) is 4.83. The minimum atomic E-state index is -0.433. The van der Waals surface area contributed by atoms with Crippen LogP contribution in [0.4, 0.5) is 4.39 Å². The van der Waals surface area contributed by atoms with Crippen LogP contribution in [0.25, 0.3) is 0 Å². The molecule has 0 spiro atoms. The maximum Gasteiger partial charge on any atom is 0.126 e. The van der Waals surface area contributed by atoms with Gasteiger partial charge in [0, 0.05) is 28.2 Å². The Morgan fingerprint density at radius 3 is 2.35 bits per heavy atom. The molecule has 2 aromatic carbocycles. The molecule has 2 atom stereocenters. The van der Waals surface area contributed by atoms with Gasteiger partial charge in [-0.15, -0.1) is 0 Å². The summed E-state index contributed by atoms with van der Waals surface area (Å²) in [6, 6.07) is 12.1. The maximum absolute atomic E-state index is 13.0. The number of nitrogens with one attached hydrogen (secondary N) is 1. The van der Waals surface area contributed by atoms with Crippen LogP contribution in [-0.4, -0.2) is 5.11 Å². The molecule has 2 rings (SSSR count). The topological polar surface area (TPSA) is 32.3 Å². The molecule has 106 valence electrons. The third-order valence-electron chi connectivity index (χ3n) is 3.33. The minimum Gasteiger partial charge on any atom is -0.508 e. The zero-order valence-electron chi connectivity index (χ0n) is 11.4. The molecule has 2 nitrogen and oxygen atoms in total. The van der Waals surface area contributed by atoms with E-state index >= 15 is 0 Å². The summed E-state index contributed by atoms with van der Waals surface area (Å²) in [7, 11) is 0. The van der Waals surface area contributed by atoms with E-state index in [1.165, 1.54) is 6.07 Å². The van der Waals surface area contributed by atoms with Crippen LogP contribution in [0, 0.1) is 5.82 Å². The van der Waals surface area contributed by atoms with E-state index in [1.807, 2.05) is 31.2 Å². The summed E-state index contributed by atoms with van der Waals surface area (Å²) in [5.74, 6) is -0.457. The van der Waals surface area contributed by atoms with Crippen LogP contribution in [0.5, 0.6) is 5.75 Å². The number of benzene rings is 2. The monoisotopic (exact) mass is 337 g/mol. The highest BCUT2D eigenvalue weighted by molar-refractivity contribution is 9.10. The summed E-state index contributed by atoms with van der Waals surface area (Å²) in [6.45, 7) is 4.00. The van der Waals surface area contributed by atoms with Crippen molar-refractivity contribution >= 4 is 15.9 Å². The van der Waals surface area contributed by atoms with E-state index in [-0.39, 0.29) is 17.8 Å². The Morgan fingerprint density at radius 1 is 1.05 bits per heavy atom. The summed E-state index contributed by atoms with van der Waals surface area (Å²) in [5.41, 5.74) is 1.83. The first kappa shape index (κ1) is 15.0. The first-order chi connectivity index (χ1) is 9.49. The Bertz CT molecular complexity index is 603. The van der Waals surface area contributed by atoms with Crippen LogP contribution >= 0.6 is 15.9 Å². The van der Waals surface area contributed by atoms with E-state index in [0.717, 1.165) is 16.1 Å². The Balaban J connectivity index is 2.15. The number of phenols is 1. The molecule has 0 aromatic heterocycles. The fourth-order valence-corrected chi connectivity index (χ4v) is 2.89. The van der Waals surface area contributed by atoms with Gasteiger partial charge in [0.25, 0.3) is 0 Å². The van der Waals surface area contributed by atoms with Gasteiger partial charge in [0.1, 0.15) is 11.6 Å². The van der Waals surface area contributed by atoms with Gasteiger partial charge < -0.3 is 10.4 Å². The molecule has 0 amide bonds. The summed E-state index contributed by atoms with van der Waals surface area (Å²) < 4.78 is 14.0. The summed E-state index contributed by atoms with van der Waals surface area (Å²) >= 11 is 3.53. The number of aromatic hydroxyl groups is 1. The molecule has 2 N–H and O–H groups in total. The van der Waals surface area contributed by atoms with Crippen LogP contribution < -0.4 is 5.32 Å². The van der Waals surface area contributed by atoms with Crippen molar-refractivity contribution in [3.05, 3.63) is 63.9 Å². The van der Waals surface area contributed by atoms with Crippen molar-refractivity contribution in [3.63, 3.8) is 0 Å². The highest BCUT2D eigenvalue weighted by Gasteiger charge is 2.15. The molecule has 4 heteroatoms. The van der Waals surface area contributed by atoms with Gasteiger partial charge in [-0.25, -0.2) is 4.39 Å². The van der Waals surface area contributed by atoms with E-state index in [9.17, 15) is 9.50 Å². The largest absolute Gasteiger partial charge is 0.508 e. The molecule has 0 aliphatic carbocycles. The lowest BCUT2D eigenvalue weighted by Gasteiger charge is -2.22. The van der Waals surface area contributed by atoms with Crippen molar-refractivity contribution in [1.82, 2.24) is 5.32 Å². The minimum absolute atomic E-state index is 0.0238. The maximum atomic E-state index is 13.0. The molecule has 0 aliphatic heterocycles. The molecule has 0 heterocycles. The highest BCUT2D eigenvalue weighted by atomic mass is 79.9. The molecule has 0 aliphatic rings. The highest BCUT2D eigenvalue weighted by Crippen LogP contribution is 2.29. The normalized spacial score (nSPS) is 14.0. The van der Waals surface area contributed by atoms with Crippen LogP contribution in [-0.2, 0) is 0 Å². The fourth-order valence-electron chi connectivity index (χ4n) is 2.26. The molecule has 0 saturated heterocycles. The van der Waals surface area contributed by atoms with Gasteiger partial charge in [0.15, 0.2) is 0 Å². The van der Waals surface area contributed by atoms with Crippen LogP contribution in [0.2, 0.25) is 0 Å². The first-order valence-electron chi connectivity index (χ1n) is 6.48. The molecular weight excluding hydrogens is 321 g/mol. The van der Waals surface area contributed by atoms with Gasteiger partial charge in [0.05, 0.1) is 0 Å². The predicted octanol–water partition coefficient (Wildman–Crippen LogP) is 4.71.